The molecule has 2 amide bonds. The Morgan fingerprint density at radius 2 is 2.37 bits per heavy atom. The molecule has 6 heteroatoms. The molecule has 1 aromatic heterocycles. The second kappa shape index (κ2) is 6.17. The van der Waals surface area contributed by atoms with Crippen LogP contribution in [0.5, 0.6) is 0 Å². The standard InChI is InChI=1S/C13H17N3O3/c1-19-12(17)10-4-3-7-16(9-10)13(18)15-11-5-2-6-14-8-11/h2,5-6,8,10H,3-4,7,9H2,1H3,(H,15,18). The Balaban J connectivity index is 1.94. The molecule has 0 saturated carbocycles. The molecule has 2 rings (SSSR count). The van der Waals surface area contributed by atoms with Gasteiger partial charge in [-0.2, -0.15) is 0 Å². The van der Waals surface area contributed by atoms with Crippen molar-refractivity contribution in [3.05, 3.63) is 24.5 Å². The number of carbonyl (C=O) groups excluding carboxylic acids is 2. The summed E-state index contributed by atoms with van der Waals surface area (Å²) in [5, 5.41) is 2.76. The minimum absolute atomic E-state index is 0.207. The van der Waals surface area contributed by atoms with E-state index in [1.54, 1.807) is 29.4 Å². The van der Waals surface area contributed by atoms with Gasteiger partial charge < -0.3 is 15.0 Å². The Kier molecular flexibility index (Phi) is 4.33. The number of piperidine rings is 1. The number of pyridine rings is 1. The zero-order valence-electron chi connectivity index (χ0n) is 10.8. The van der Waals surface area contributed by atoms with Crippen molar-refractivity contribution in [3.63, 3.8) is 0 Å². The van der Waals surface area contributed by atoms with Gasteiger partial charge in [0.2, 0.25) is 0 Å². The van der Waals surface area contributed by atoms with Gasteiger partial charge in [-0.1, -0.05) is 0 Å². The fraction of sp³-hybridized carbons (Fsp3) is 0.462. The van der Waals surface area contributed by atoms with Crippen molar-refractivity contribution in [2.75, 3.05) is 25.5 Å². The van der Waals surface area contributed by atoms with Crippen LogP contribution in [0, 0.1) is 5.92 Å². The molecule has 2 heterocycles. The lowest BCUT2D eigenvalue weighted by Crippen LogP contribution is -2.44. The number of anilines is 1. The molecule has 0 spiro atoms. The number of aromatic nitrogens is 1. The summed E-state index contributed by atoms with van der Waals surface area (Å²) in [7, 11) is 1.37. The van der Waals surface area contributed by atoms with Gasteiger partial charge in [-0.25, -0.2) is 4.79 Å². The third-order valence-electron chi connectivity index (χ3n) is 3.16. The summed E-state index contributed by atoms with van der Waals surface area (Å²) in [4.78, 5) is 29.1. The van der Waals surface area contributed by atoms with Crippen LogP contribution in [0.25, 0.3) is 0 Å². The molecule has 1 unspecified atom stereocenters. The Hall–Kier alpha value is -2.11. The molecule has 0 aliphatic carbocycles. The van der Waals surface area contributed by atoms with Gasteiger partial charge in [-0.15, -0.1) is 0 Å². The number of esters is 1. The van der Waals surface area contributed by atoms with E-state index in [-0.39, 0.29) is 17.9 Å². The highest BCUT2D eigenvalue weighted by atomic mass is 16.5. The van der Waals surface area contributed by atoms with E-state index >= 15 is 0 Å². The van der Waals surface area contributed by atoms with Crippen LogP contribution in [0.15, 0.2) is 24.5 Å². The summed E-state index contributed by atoms with van der Waals surface area (Å²) in [6.07, 6.45) is 4.80. The first-order valence-electron chi connectivity index (χ1n) is 6.24. The fourth-order valence-corrected chi connectivity index (χ4v) is 2.16. The number of urea groups is 1. The summed E-state index contributed by atoms with van der Waals surface area (Å²) < 4.78 is 4.73. The summed E-state index contributed by atoms with van der Waals surface area (Å²) in [6, 6.07) is 3.32. The zero-order chi connectivity index (χ0) is 13.7. The Morgan fingerprint density at radius 3 is 3.05 bits per heavy atom. The summed E-state index contributed by atoms with van der Waals surface area (Å²) >= 11 is 0. The maximum atomic E-state index is 12.1. The second-order valence-electron chi connectivity index (χ2n) is 4.48. The smallest absolute Gasteiger partial charge is 0.321 e. The maximum absolute atomic E-state index is 12.1. The van der Waals surface area contributed by atoms with Crippen LogP contribution in [0.1, 0.15) is 12.8 Å². The normalized spacial score (nSPS) is 18.8. The van der Waals surface area contributed by atoms with Crippen LogP contribution in [0.4, 0.5) is 10.5 Å². The zero-order valence-corrected chi connectivity index (χ0v) is 10.8. The molecule has 1 fully saturated rings. The average Bonchev–Trinajstić information content (AvgIpc) is 2.47. The second-order valence-corrected chi connectivity index (χ2v) is 4.48. The van der Waals surface area contributed by atoms with E-state index in [9.17, 15) is 9.59 Å². The van der Waals surface area contributed by atoms with Gasteiger partial charge in [-0.3, -0.25) is 9.78 Å². The number of hydrogen-bond donors (Lipinski definition) is 1. The first-order valence-corrected chi connectivity index (χ1v) is 6.24. The highest BCUT2D eigenvalue weighted by Crippen LogP contribution is 2.18. The lowest BCUT2D eigenvalue weighted by Gasteiger charge is -2.31. The number of nitrogens with one attached hydrogen (secondary N) is 1. The molecule has 0 radical (unpaired) electrons. The predicted octanol–water partition coefficient (Wildman–Crippen LogP) is 1.50. The molecule has 1 saturated heterocycles. The molecule has 1 aliphatic heterocycles. The van der Waals surface area contributed by atoms with Crippen molar-refractivity contribution in [2.24, 2.45) is 5.92 Å². The molecule has 1 aliphatic rings. The van der Waals surface area contributed by atoms with Gasteiger partial charge in [0.05, 0.1) is 24.9 Å². The fourth-order valence-electron chi connectivity index (χ4n) is 2.16. The molecule has 19 heavy (non-hydrogen) atoms. The minimum atomic E-state index is -0.251. The predicted molar refractivity (Wildman–Crippen MR) is 69.6 cm³/mol. The number of amides is 2. The Bertz CT molecular complexity index is 450. The molecular formula is C13H17N3O3. The van der Waals surface area contributed by atoms with Gasteiger partial charge in [-0.05, 0) is 25.0 Å². The largest absolute Gasteiger partial charge is 0.469 e. The van der Waals surface area contributed by atoms with Gasteiger partial charge in [0.15, 0.2) is 0 Å². The molecular weight excluding hydrogens is 246 g/mol. The van der Waals surface area contributed by atoms with E-state index in [2.05, 4.69) is 10.3 Å². The number of carbonyl (C=O) groups is 2. The third kappa shape index (κ3) is 3.43. The van der Waals surface area contributed by atoms with E-state index in [0.717, 1.165) is 12.8 Å². The van der Waals surface area contributed by atoms with Crippen LogP contribution in [-0.2, 0) is 9.53 Å². The molecule has 6 nitrogen and oxygen atoms in total. The monoisotopic (exact) mass is 263 g/mol. The number of ether oxygens (including phenoxy) is 1. The lowest BCUT2D eigenvalue weighted by molar-refractivity contribution is -0.146. The molecule has 0 bridgehead atoms. The van der Waals surface area contributed by atoms with E-state index < -0.39 is 0 Å². The number of rotatable bonds is 2. The van der Waals surface area contributed by atoms with Gasteiger partial charge in [0, 0.05) is 19.3 Å². The van der Waals surface area contributed by atoms with Crippen LogP contribution >= 0.6 is 0 Å². The van der Waals surface area contributed by atoms with Crippen molar-refractivity contribution in [1.82, 2.24) is 9.88 Å². The van der Waals surface area contributed by atoms with E-state index in [0.29, 0.717) is 18.8 Å². The first kappa shape index (κ1) is 13.3. The van der Waals surface area contributed by atoms with E-state index in [1.807, 2.05) is 0 Å². The van der Waals surface area contributed by atoms with Gasteiger partial charge in [0.25, 0.3) is 0 Å². The van der Waals surface area contributed by atoms with Crippen LogP contribution in [-0.4, -0.2) is 42.1 Å². The highest BCUT2D eigenvalue weighted by molar-refractivity contribution is 5.89. The van der Waals surface area contributed by atoms with E-state index in [1.165, 1.54) is 7.11 Å². The Morgan fingerprint density at radius 1 is 1.53 bits per heavy atom. The van der Waals surface area contributed by atoms with Crippen LogP contribution in [0.3, 0.4) is 0 Å². The van der Waals surface area contributed by atoms with Crippen LogP contribution < -0.4 is 5.32 Å². The summed E-state index contributed by atoms with van der Waals surface area (Å²) in [5.74, 6) is -0.475. The van der Waals surface area contributed by atoms with Crippen molar-refractivity contribution in [1.29, 1.82) is 0 Å². The van der Waals surface area contributed by atoms with Gasteiger partial charge >= 0.3 is 12.0 Å². The quantitative estimate of drug-likeness (QED) is 0.821. The SMILES string of the molecule is COC(=O)C1CCCN(C(=O)Nc2cccnc2)C1. The highest BCUT2D eigenvalue weighted by Gasteiger charge is 2.28. The topological polar surface area (TPSA) is 71.5 Å². The summed E-state index contributed by atoms with van der Waals surface area (Å²) in [5.41, 5.74) is 0.646. The van der Waals surface area contributed by atoms with E-state index in [4.69, 9.17) is 4.74 Å². The first-order chi connectivity index (χ1) is 9.20. The number of methoxy groups -OCH3 is 1. The van der Waals surface area contributed by atoms with Crippen molar-refractivity contribution < 1.29 is 14.3 Å². The molecule has 1 atom stereocenters. The maximum Gasteiger partial charge on any atom is 0.321 e. The summed E-state index contributed by atoms with van der Waals surface area (Å²) in [6.45, 7) is 1.05. The average molecular weight is 263 g/mol. The van der Waals surface area contributed by atoms with Crippen molar-refractivity contribution >= 4 is 17.7 Å². The molecule has 1 aromatic rings. The number of likely N-dealkylation sites (tertiary alicyclic amines) is 1. The number of nitrogens with zero attached hydrogens (tertiary/aromatic N) is 2. The van der Waals surface area contributed by atoms with Crippen molar-refractivity contribution in [3.8, 4) is 0 Å². The minimum Gasteiger partial charge on any atom is -0.469 e. The molecule has 0 aromatic carbocycles. The lowest BCUT2D eigenvalue weighted by atomic mass is 9.98. The van der Waals surface area contributed by atoms with Crippen molar-refractivity contribution in [2.45, 2.75) is 12.8 Å². The van der Waals surface area contributed by atoms with Gasteiger partial charge in [0.1, 0.15) is 0 Å². The molecule has 1 N–H and O–H groups in total. The number of hydrogen-bond acceptors (Lipinski definition) is 4. The Labute approximate surface area is 111 Å². The third-order valence-corrected chi connectivity index (χ3v) is 3.16. The van der Waals surface area contributed by atoms with Crippen LogP contribution in [0.2, 0.25) is 0 Å². The molecule has 102 valence electrons.